The van der Waals surface area contributed by atoms with Gasteiger partial charge in [0, 0.05) is 44.1 Å². The summed E-state index contributed by atoms with van der Waals surface area (Å²) in [5.74, 6) is 0.829. The van der Waals surface area contributed by atoms with Crippen LogP contribution >= 0.6 is 0 Å². The molecule has 0 spiro atoms. The number of H-pyrrole nitrogens is 1. The number of morpholine rings is 1. The van der Waals surface area contributed by atoms with E-state index >= 15 is 0 Å². The van der Waals surface area contributed by atoms with Crippen molar-refractivity contribution >= 4 is 33.8 Å². The molecule has 10 nitrogen and oxygen atoms in total. The van der Waals surface area contributed by atoms with Crippen LogP contribution in [0, 0.1) is 0 Å². The molecule has 170 valence electrons. The number of likely N-dealkylation sites (tertiary alicyclic amines) is 1. The molecular formula is C23H26N8O2. The Hall–Kier alpha value is -3.53. The maximum Gasteiger partial charge on any atom is 0.228 e. The van der Waals surface area contributed by atoms with Gasteiger partial charge in [0.15, 0.2) is 5.65 Å². The molecule has 0 saturated carbocycles. The zero-order valence-electron chi connectivity index (χ0n) is 18.6. The summed E-state index contributed by atoms with van der Waals surface area (Å²) in [6, 6.07) is 6.30. The number of benzene rings is 1. The fraction of sp³-hybridized carbons (Fsp3) is 0.435. The van der Waals surface area contributed by atoms with E-state index in [1.54, 1.807) is 6.92 Å². The number of nitrogens with one attached hydrogen (secondary N) is 1. The third-order valence-electron chi connectivity index (χ3n) is 6.73. The van der Waals surface area contributed by atoms with Gasteiger partial charge in [0.1, 0.15) is 0 Å². The van der Waals surface area contributed by atoms with E-state index in [0.29, 0.717) is 19.2 Å². The number of anilines is 1. The van der Waals surface area contributed by atoms with Crippen LogP contribution in [0.4, 0.5) is 5.95 Å². The van der Waals surface area contributed by atoms with E-state index in [-0.39, 0.29) is 11.9 Å². The molecule has 1 N–H and O–H groups in total. The van der Waals surface area contributed by atoms with Gasteiger partial charge in [-0.2, -0.15) is 15.2 Å². The van der Waals surface area contributed by atoms with Crippen molar-refractivity contribution in [2.75, 3.05) is 44.3 Å². The predicted molar refractivity (Wildman–Crippen MR) is 124 cm³/mol. The molecule has 5 heterocycles. The van der Waals surface area contributed by atoms with E-state index in [9.17, 15) is 4.79 Å². The summed E-state index contributed by atoms with van der Waals surface area (Å²) in [5, 5.41) is 14.0. The standard InChI is InChI=1S/C23H26N8O2/c1-15(32)29-7-5-16(6-8-29)31-22-19(14-25-31)21(17-3-2-4-20-18(17)13-24-28-20)26-23(27-22)30-9-11-33-12-10-30/h2-4,13-14,16H,5-12H2,1H3,(H,24,28). The van der Waals surface area contributed by atoms with Gasteiger partial charge >= 0.3 is 0 Å². The van der Waals surface area contributed by atoms with Crippen molar-refractivity contribution in [1.82, 2.24) is 34.8 Å². The number of ether oxygens (including phenoxy) is 1. The van der Waals surface area contributed by atoms with Gasteiger partial charge in [-0.25, -0.2) is 9.67 Å². The number of carbonyl (C=O) groups excluding carboxylic acids is 1. The highest BCUT2D eigenvalue weighted by atomic mass is 16.5. The van der Waals surface area contributed by atoms with Crippen LogP contribution in [0.2, 0.25) is 0 Å². The number of aromatic nitrogens is 6. The van der Waals surface area contributed by atoms with Crippen molar-refractivity contribution in [1.29, 1.82) is 0 Å². The molecule has 2 saturated heterocycles. The van der Waals surface area contributed by atoms with Crippen LogP contribution in [-0.4, -0.2) is 80.1 Å². The van der Waals surface area contributed by atoms with E-state index < -0.39 is 0 Å². The third kappa shape index (κ3) is 3.50. The van der Waals surface area contributed by atoms with Gasteiger partial charge in [-0.1, -0.05) is 12.1 Å². The SMILES string of the molecule is CC(=O)N1CCC(n2ncc3c(-c4cccc5[nH]ncc45)nc(N4CCOCC4)nc32)CC1. The summed E-state index contributed by atoms with van der Waals surface area (Å²) in [7, 11) is 0. The Balaban J connectivity index is 1.49. The monoisotopic (exact) mass is 446 g/mol. The molecule has 0 unspecified atom stereocenters. The number of hydrogen-bond donors (Lipinski definition) is 1. The lowest BCUT2D eigenvalue weighted by atomic mass is 10.0. The molecule has 0 radical (unpaired) electrons. The molecule has 4 aromatic rings. The topological polar surface area (TPSA) is 105 Å². The summed E-state index contributed by atoms with van der Waals surface area (Å²) in [5.41, 5.74) is 3.68. The van der Waals surface area contributed by atoms with Crippen molar-refractivity contribution in [3.05, 3.63) is 30.6 Å². The van der Waals surface area contributed by atoms with Crippen molar-refractivity contribution in [2.45, 2.75) is 25.8 Å². The highest BCUT2D eigenvalue weighted by molar-refractivity contribution is 6.01. The average Bonchev–Trinajstić information content (AvgIpc) is 3.51. The molecule has 33 heavy (non-hydrogen) atoms. The first-order chi connectivity index (χ1) is 16.2. The van der Waals surface area contributed by atoms with Crippen LogP contribution < -0.4 is 4.90 Å². The number of rotatable bonds is 3. The fourth-order valence-electron chi connectivity index (χ4n) is 4.89. The lowest BCUT2D eigenvalue weighted by Gasteiger charge is -2.31. The van der Waals surface area contributed by atoms with Gasteiger partial charge < -0.3 is 14.5 Å². The highest BCUT2D eigenvalue weighted by Gasteiger charge is 2.27. The molecule has 0 atom stereocenters. The average molecular weight is 447 g/mol. The van der Waals surface area contributed by atoms with Crippen molar-refractivity contribution in [3.63, 3.8) is 0 Å². The molecule has 3 aromatic heterocycles. The van der Waals surface area contributed by atoms with E-state index in [1.807, 2.05) is 34.1 Å². The van der Waals surface area contributed by atoms with Crippen molar-refractivity contribution < 1.29 is 9.53 Å². The van der Waals surface area contributed by atoms with Crippen molar-refractivity contribution in [2.24, 2.45) is 0 Å². The second kappa shape index (κ2) is 8.11. The molecule has 0 bridgehead atoms. The minimum Gasteiger partial charge on any atom is -0.378 e. The summed E-state index contributed by atoms with van der Waals surface area (Å²) in [4.78, 5) is 25.9. The van der Waals surface area contributed by atoms with E-state index in [0.717, 1.165) is 72.2 Å². The number of fused-ring (bicyclic) bond motifs is 2. The second-order valence-electron chi connectivity index (χ2n) is 8.67. The number of piperidine rings is 1. The minimum atomic E-state index is 0.131. The van der Waals surface area contributed by atoms with Gasteiger partial charge in [0.05, 0.1) is 48.2 Å². The third-order valence-corrected chi connectivity index (χ3v) is 6.73. The summed E-state index contributed by atoms with van der Waals surface area (Å²) in [6.07, 6.45) is 5.44. The molecule has 2 aliphatic rings. The first kappa shape index (κ1) is 20.1. The molecule has 1 aromatic carbocycles. The number of nitrogens with zero attached hydrogens (tertiary/aromatic N) is 7. The molecule has 10 heteroatoms. The molecular weight excluding hydrogens is 420 g/mol. The minimum absolute atomic E-state index is 0.131. The Bertz CT molecular complexity index is 1310. The summed E-state index contributed by atoms with van der Waals surface area (Å²) >= 11 is 0. The normalized spacial score (nSPS) is 17.8. The molecule has 2 fully saturated rings. The smallest absolute Gasteiger partial charge is 0.228 e. The van der Waals surface area contributed by atoms with Gasteiger partial charge in [0.25, 0.3) is 0 Å². The van der Waals surface area contributed by atoms with E-state index in [1.165, 1.54) is 0 Å². The Kier molecular flexibility index (Phi) is 4.94. The predicted octanol–water partition coefficient (Wildman–Crippen LogP) is 2.39. The van der Waals surface area contributed by atoms with Crippen LogP contribution in [-0.2, 0) is 9.53 Å². The van der Waals surface area contributed by atoms with Crippen LogP contribution in [0.15, 0.2) is 30.6 Å². The van der Waals surface area contributed by atoms with Gasteiger partial charge in [0.2, 0.25) is 11.9 Å². The summed E-state index contributed by atoms with van der Waals surface area (Å²) in [6.45, 7) is 5.95. The van der Waals surface area contributed by atoms with Crippen molar-refractivity contribution in [3.8, 4) is 11.3 Å². The number of aromatic amines is 1. The van der Waals surface area contributed by atoms with Gasteiger partial charge in [-0.3, -0.25) is 9.89 Å². The lowest BCUT2D eigenvalue weighted by Crippen LogP contribution is -2.38. The first-order valence-electron chi connectivity index (χ1n) is 11.4. The van der Waals surface area contributed by atoms with Crippen LogP contribution in [0.5, 0.6) is 0 Å². The van der Waals surface area contributed by atoms with E-state index in [2.05, 4.69) is 21.2 Å². The quantitative estimate of drug-likeness (QED) is 0.515. The fourth-order valence-corrected chi connectivity index (χ4v) is 4.89. The van der Waals surface area contributed by atoms with Crippen LogP contribution in [0.3, 0.4) is 0 Å². The first-order valence-corrected chi connectivity index (χ1v) is 11.4. The maximum absolute atomic E-state index is 11.8. The van der Waals surface area contributed by atoms with Gasteiger partial charge in [-0.15, -0.1) is 0 Å². The largest absolute Gasteiger partial charge is 0.378 e. The van der Waals surface area contributed by atoms with Crippen LogP contribution in [0.25, 0.3) is 33.2 Å². The maximum atomic E-state index is 11.8. The van der Waals surface area contributed by atoms with Gasteiger partial charge in [-0.05, 0) is 18.9 Å². The molecule has 0 aliphatic carbocycles. The number of carbonyl (C=O) groups is 1. The zero-order valence-corrected chi connectivity index (χ0v) is 18.6. The zero-order chi connectivity index (χ0) is 22.4. The summed E-state index contributed by atoms with van der Waals surface area (Å²) < 4.78 is 7.58. The molecule has 1 amide bonds. The Morgan fingerprint density at radius 3 is 2.67 bits per heavy atom. The Morgan fingerprint density at radius 1 is 1.06 bits per heavy atom. The Morgan fingerprint density at radius 2 is 1.88 bits per heavy atom. The highest BCUT2D eigenvalue weighted by Crippen LogP contribution is 2.35. The second-order valence-corrected chi connectivity index (χ2v) is 8.67. The number of hydrogen-bond acceptors (Lipinski definition) is 7. The lowest BCUT2D eigenvalue weighted by molar-refractivity contribution is -0.130. The Labute approximate surface area is 190 Å². The molecule has 6 rings (SSSR count). The number of amides is 1. The van der Waals surface area contributed by atoms with E-state index in [4.69, 9.17) is 19.8 Å². The van der Waals surface area contributed by atoms with Crippen LogP contribution in [0.1, 0.15) is 25.8 Å². The molecule has 2 aliphatic heterocycles.